The Hall–Kier alpha value is 2.21. The van der Waals surface area contributed by atoms with Crippen molar-refractivity contribution in [2.75, 3.05) is 5.88 Å². The van der Waals surface area contributed by atoms with Gasteiger partial charge in [0.2, 0.25) is 0 Å². The van der Waals surface area contributed by atoms with Crippen molar-refractivity contribution in [3.05, 3.63) is 0 Å². The fraction of sp³-hybridized carbons (Fsp3) is 1.00. The van der Waals surface area contributed by atoms with Gasteiger partial charge in [0.05, 0.1) is 0 Å². The zero-order valence-corrected chi connectivity index (χ0v) is 11.3. The summed E-state index contributed by atoms with van der Waals surface area (Å²) in [6, 6.07) is 0. The van der Waals surface area contributed by atoms with Gasteiger partial charge in [0.15, 0.2) is 0 Å². The van der Waals surface area contributed by atoms with Crippen molar-refractivity contribution >= 4 is 70.7 Å². The molecule has 0 spiro atoms. The molecule has 0 saturated carbocycles. The van der Waals surface area contributed by atoms with E-state index in [-0.39, 0.29) is 71.4 Å². The molecule has 0 amide bonds. The molecule has 0 aromatic rings. The molecule has 100 valence electrons. The third-order valence-corrected chi connectivity index (χ3v) is 2.75. The summed E-state index contributed by atoms with van der Waals surface area (Å²) in [5.41, 5.74) is 0. The van der Waals surface area contributed by atoms with Crippen molar-refractivity contribution in [1.82, 2.24) is 12.3 Å². The van der Waals surface area contributed by atoms with E-state index in [9.17, 15) is 0 Å². The van der Waals surface area contributed by atoms with E-state index >= 15 is 0 Å². The summed E-state index contributed by atoms with van der Waals surface area (Å²) in [5, 5.41) is 0. The maximum absolute atomic E-state index is 5.60. The van der Waals surface area contributed by atoms with Crippen molar-refractivity contribution in [2.24, 2.45) is 0 Å². The minimum absolute atomic E-state index is 0. The molecule has 0 aliphatic rings. The number of alkyl halides is 1. The summed E-state index contributed by atoms with van der Waals surface area (Å²) in [6.45, 7) is 2.27. The Morgan fingerprint density at radius 1 is 0.588 bits per heavy atom. The summed E-state index contributed by atoms with van der Waals surface area (Å²) in [6.07, 6.45) is 13.9. The second kappa shape index (κ2) is 30.9. The topological polar surface area (TPSA) is 70.0 Å². The van der Waals surface area contributed by atoms with Crippen molar-refractivity contribution in [1.29, 1.82) is 0 Å². The summed E-state index contributed by atoms with van der Waals surface area (Å²) in [4.78, 5) is 0. The quantitative estimate of drug-likeness (QED) is 0.359. The van der Waals surface area contributed by atoms with Gasteiger partial charge >= 0.3 is 59.1 Å². The van der Waals surface area contributed by atoms with Crippen LogP contribution < -0.4 is 12.3 Å². The van der Waals surface area contributed by atoms with E-state index in [0.29, 0.717) is 0 Å². The SMILES string of the molecule is CCCCCCCCCCCCCl.N.N.[NaH].[NaH]. The summed E-state index contributed by atoms with van der Waals surface area (Å²) in [7, 11) is 0. The van der Waals surface area contributed by atoms with Gasteiger partial charge in [-0.3, -0.25) is 0 Å². The molecule has 17 heavy (non-hydrogen) atoms. The van der Waals surface area contributed by atoms with Gasteiger partial charge in [0, 0.05) is 5.88 Å². The van der Waals surface area contributed by atoms with E-state index in [4.69, 9.17) is 11.6 Å². The molecule has 0 heterocycles. The van der Waals surface area contributed by atoms with Crippen LogP contribution in [0.5, 0.6) is 0 Å². The van der Waals surface area contributed by atoms with Gasteiger partial charge in [0.25, 0.3) is 0 Å². The number of rotatable bonds is 10. The molecule has 2 nitrogen and oxygen atoms in total. The molecule has 0 aliphatic carbocycles. The van der Waals surface area contributed by atoms with Crippen LogP contribution in [0.2, 0.25) is 0 Å². The van der Waals surface area contributed by atoms with E-state index in [1.807, 2.05) is 0 Å². The number of hydrogen-bond donors (Lipinski definition) is 2. The number of unbranched alkanes of at least 4 members (excludes halogenated alkanes) is 9. The second-order valence-corrected chi connectivity index (χ2v) is 4.25. The van der Waals surface area contributed by atoms with Crippen LogP contribution in [0.4, 0.5) is 0 Å². The molecule has 0 radical (unpaired) electrons. The van der Waals surface area contributed by atoms with Gasteiger partial charge in [-0.1, -0.05) is 64.7 Å². The Bertz CT molecular complexity index is 88.6. The second-order valence-electron chi connectivity index (χ2n) is 3.87. The molecule has 0 bridgehead atoms. The number of halogens is 1. The first-order valence-corrected chi connectivity index (χ1v) is 6.51. The van der Waals surface area contributed by atoms with Gasteiger partial charge in [0.1, 0.15) is 0 Å². The van der Waals surface area contributed by atoms with E-state index in [0.717, 1.165) is 5.88 Å². The van der Waals surface area contributed by atoms with Crippen LogP contribution in [0, 0.1) is 0 Å². The molecule has 6 N–H and O–H groups in total. The Kier molecular flexibility index (Phi) is 57.4. The first kappa shape index (κ1) is 31.5. The first-order chi connectivity index (χ1) is 6.41. The molecular formula is C12H33ClN2Na2. The normalized spacial score (nSPS) is 8.12. The minimum atomic E-state index is 0. The van der Waals surface area contributed by atoms with Crippen molar-refractivity contribution < 1.29 is 0 Å². The van der Waals surface area contributed by atoms with Crippen LogP contribution in [0.3, 0.4) is 0 Å². The van der Waals surface area contributed by atoms with E-state index in [2.05, 4.69) is 6.92 Å². The standard InChI is InChI=1S/C12H25Cl.2H3N.2Na.2H/c1-2-3-4-5-6-7-8-9-10-11-12-13;;;;;;/h2-12H2,1H3;2*1H3;;;;. The average molecular weight is 287 g/mol. The third kappa shape index (κ3) is 32.1. The zero-order valence-electron chi connectivity index (χ0n) is 10.6. The van der Waals surface area contributed by atoms with E-state index < -0.39 is 0 Å². The predicted molar refractivity (Wildman–Crippen MR) is 86.9 cm³/mol. The van der Waals surface area contributed by atoms with Gasteiger partial charge < -0.3 is 12.3 Å². The molecular weight excluding hydrogens is 254 g/mol. The van der Waals surface area contributed by atoms with Crippen molar-refractivity contribution in [3.8, 4) is 0 Å². The summed E-state index contributed by atoms with van der Waals surface area (Å²) in [5.74, 6) is 0.844. The average Bonchev–Trinajstić information content (AvgIpc) is 2.16. The van der Waals surface area contributed by atoms with Crippen molar-refractivity contribution in [2.45, 2.75) is 71.1 Å². The van der Waals surface area contributed by atoms with Gasteiger partial charge in [-0.2, -0.15) is 0 Å². The molecule has 0 aromatic carbocycles. The summed E-state index contributed by atoms with van der Waals surface area (Å²) < 4.78 is 0. The van der Waals surface area contributed by atoms with Crippen LogP contribution in [0.1, 0.15) is 71.1 Å². The first-order valence-electron chi connectivity index (χ1n) is 5.97. The Morgan fingerprint density at radius 3 is 1.18 bits per heavy atom. The molecule has 0 saturated heterocycles. The van der Waals surface area contributed by atoms with E-state index in [1.165, 1.54) is 64.2 Å². The zero-order chi connectivity index (χ0) is 9.78. The van der Waals surface area contributed by atoms with Gasteiger partial charge in [-0.15, -0.1) is 11.6 Å². The fourth-order valence-corrected chi connectivity index (χ4v) is 1.77. The third-order valence-electron chi connectivity index (χ3n) is 2.49. The Morgan fingerprint density at radius 2 is 0.882 bits per heavy atom. The number of hydrogen-bond acceptors (Lipinski definition) is 2. The Labute approximate surface area is 158 Å². The van der Waals surface area contributed by atoms with Gasteiger partial charge in [-0.05, 0) is 6.42 Å². The molecule has 0 atom stereocenters. The van der Waals surface area contributed by atoms with Crippen molar-refractivity contribution in [3.63, 3.8) is 0 Å². The molecule has 0 fully saturated rings. The predicted octanol–water partition coefficient (Wildman–Crippen LogP) is 4.17. The Balaban J connectivity index is -0.000000120. The monoisotopic (exact) mass is 286 g/mol. The fourth-order valence-electron chi connectivity index (χ4n) is 1.58. The molecule has 0 rings (SSSR count). The maximum atomic E-state index is 5.60. The van der Waals surface area contributed by atoms with Crippen LogP contribution in [0.25, 0.3) is 0 Å². The van der Waals surface area contributed by atoms with E-state index in [1.54, 1.807) is 0 Å². The van der Waals surface area contributed by atoms with Gasteiger partial charge in [-0.25, -0.2) is 0 Å². The van der Waals surface area contributed by atoms with Crippen LogP contribution in [-0.2, 0) is 0 Å². The molecule has 0 unspecified atom stereocenters. The molecule has 0 aromatic heterocycles. The molecule has 0 aliphatic heterocycles. The van der Waals surface area contributed by atoms with Crippen LogP contribution in [-0.4, -0.2) is 65.0 Å². The van der Waals surface area contributed by atoms with Crippen LogP contribution >= 0.6 is 11.6 Å². The summed E-state index contributed by atoms with van der Waals surface area (Å²) >= 11 is 5.60. The van der Waals surface area contributed by atoms with Crippen LogP contribution in [0.15, 0.2) is 0 Å². The molecule has 5 heteroatoms.